The van der Waals surface area contributed by atoms with Crippen LogP contribution < -0.4 is 0 Å². The molecule has 3 saturated carbocycles. The third kappa shape index (κ3) is 10.8. The Bertz CT molecular complexity index is 932. The fourth-order valence-corrected chi connectivity index (χ4v) is 11.1. The lowest BCUT2D eigenvalue weighted by atomic mass is 9.47. The molecule has 0 heterocycles. The van der Waals surface area contributed by atoms with Crippen LogP contribution in [-0.4, -0.2) is 64.2 Å². The molecule has 9 atom stereocenters. The van der Waals surface area contributed by atoms with E-state index in [2.05, 4.69) is 66.6 Å². The van der Waals surface area contributed by atoms with Gasteiger partial charge < -0.3 is 19.1 Å². The third-order valence-electron chi connectivity index (χ3n) is 14.3. The molecule has 0 spiro atoms. The van der Waals surface area contributed by atoms with E-state index in [-0.39, 0.29) is 0 Å². The van der Waals surface area contributed by atoms with Gasteiger partial charge in [-0.1, -0.05) is 105 Å². The summed E-state index contributed by atoms with van der Waals surface area (Å²) in [5, 5.41) is 0. The zero-order chi connectivity index (χ0) is 34.6. The molecule has 0 saturated heterocycles. The SMILES string of the molecule is CCCCOC[C@H](COCCCCCCCCO[C@H]1CCC2(C)C(=CC[C@@H]3[C@@H]2CC[C@]2(C)[C@@H]([C@H](C)CCCC(C)C)CC[C@@H]32)C1)N(C)C. The molecule has 0 aliphatic heterocycles. The summed E-state index contributed by atoms with van der Waals surface area (Å²) in [4.78, 5) is 2.23. The highest BCUT2D eigenvalue weighted by atomic mass is 16.5. The fourth-order valence-electron chi connectivity index (χ4n) is 11.1. The molecule has 4 nitrogen and oxygen atoms in total. The van der Waals surface area contributed by atoms with Gasteiger partial charge in [0.05, 0.1) is 25.4 Å². The van der Waals surface area contributed by atoms with Crippen LogP contribution in [0.2, 0.25) is 0 Å². The van der Waals surface area contributed by atoms with Crippen molar-refractivity contribution in [2.75, 3.05) is 47.1 Å². The van der Waals surface area contributed by atoms with E-state index in [1.54, 1.807) is 5.57 Å². The Hall–Kier alpha value is -0.420. The Labute approximate surface area is 299 Å². The van der Waals surface area contributed by atoms with Crippen LogP contribution in [0.5, 0.6) is 0 Å². The maximum absolute atomic E-state index is 6.55. The summed E-state index contributed by atoms with van der Waals surface area (Å²) in [6.45, 7) is 19.2. The highest BCUT2D eigenvalue weighted by molar-refractivity contribution is 5.25. The molecule has 4 rings (SSSR count). The lowest BCUT2D eigenvalue weighted by Crippen LogP contribution is -2.51. The number of hydrogen-bond acceptors (Lipinski definition) is 4. The average Bonchev–Trinajstić information content (AvgIpc) is 3.41. The zero-order valence-electron chi connectivity index (χ0n) is 33.3. The molecule has 0 bridgehead atoms. The van der Waals surface area contributed by atoms with Crippen molar-refractivity contribution in [2.45, 2.75) is 176 Å². The summed E-state index contributed by atoms with van der Waals surface area (Å²) in [5.41, 5.74) is 2.81. The average molecular weight is 672 g/mol. The molecule has 3 fully saturated rings. The number of fused-ring (bicyclic) bond motifs is 5. The van der Waals surface area contributed by atoms with Crippen molar-refractivity contribution in [1.82, 2.24) is 4.90 Å². The van der Waals surface area contributed by atoms with Gasteiger partial charge in [0.25, 0.3) is 0 Å². The molecule has 0 aromatic rings. The van der Waals surface area contributed by atoms with Gasteiger partial charge in [0, 0.05) is 19.8 Å². The third-order valence-corrected chi connectivity index (χ3v) is 14.3. The van der Waals surface area contributed by atoms with Gasteiger partial charge in [0.1, 0.15) is 0 Å². The van der Waals surface area contributed by atoms with Crippen LogP contribution in [0.4, 0.5) is 0 Å². The highest BCUT2D eigenvalue weighted by Gasteiger charge is 2.59. The van der Waals surface area contributed by atoms with E-state index in [1.165, 1.54) is 116 Å². The molecule has 48 heavy (non-hydrogen) atoms. The number of nitrogens with zero attached hydrogens (tertiary/aromatic N) is 1. The van der Waals surface area contributed by atoms with Crippen LogP contribution in [0.1, 0.15) is 164 Å². The molecule has 4 aliphatic carbocycles. The molecule has 4 heteroatoms. The molecule has 0 aromatic carbocycles. The Morgan fingerprint density at radius 2 is 1.46 bits per heavy atom. The van der Waals surface area contributed by atoms with E-state index < -0.39 is 0 Å². The number of likely N-dealkylation sites (N-methyl/N-ethyl adjacent to an activating group) is 1. The minimum atomic E-state index is 0.354. The summed E-state index contributed by atoms with van der Waals surface area (Å²) < 4.78 is 18.4. The van der Waals surface area contributed by atoms with Crippen LogP contribution in [0.25, 0.3) is 0 Å². The van der Waals surface area contributed by atoms with Crippen molar-refractivity contribution in [1.29, 1.82) is 0 Å². The summed E-state index contributed by atoms with van der Waals surface area (Å²) in [5.74, 6) is 5.51. The Morgan fingerprint density at radius 1 is 0.771 bits per heavy atom. The maximum Gasteiger partial charge on any atom is 0.0644 e. The first-order chi connectivity index (χ1) is 23.1. The second-order valence-electron chi connectivity index (χ2n) is 18.3. The highest BCUT2D eigenvalue weighted by Crippen LogP contribution is 2.67. The molecule has 1 unspecified atom stereocenters. The zero-order valence-corrected chi connectivity index (χ0v) is 33.3. The number of rotatable bonds is 23. The molecule has 0 radical (unpaired) electrons. The summed E-state index contributed by atoms with van der Waals surface area (Å²) >= 11 is 0. The number of allylic oxidation sites excluding steroid dienone is 1. The lowest BCUT2D eigenvalue weighted by molar-refractivity contribution is -0.0641. The van der Waals surface area contributed by atoms with E-state index in [9.17, 15) is 0 Å². The van der Waals surface area contributed by atoms with Gasteiger partial charge >= 0.3 is 0 Å². The Balaban J connectivity index is 1.09. The number of ether oxygens (including phenoxy) is 3. The van der Waals surface area contributed by atoms with Gasteiger partial charge in [-0.3, -0.25) is 0 Å². The van der Waals surface area contributed by atoms with Crippen molar-refractivity contribution in [3.63, 3.8) is 0 Å². The van der Waals surface area contributed by atoms with Crippen LogP contribution in [-0.2, 0) is 14.2 Å². The quantitative estimate of drug-likeness (QED) is 0.0799. The smallest absolute Gasteiger partial charge is 0.0644 e. The first-order valence-electron chi connectivity index (χ1n) is 21.2. The summed E-state index contributed by atoms with van der Waals surface area (Å²) in [6, 6.07) is 0.354. The van der Waals surface area contributed by atoms with Gasteiger partial charge in [-0.2, -0.15) is 0 Å². The number of unbranched alkanes of at least 4 members (excludes halogenated alkanes) is 6. The van der Waals surface area contributed by atoms with E-state index in [0.717, 1.165) is 75.0 Å². The molecule has 4 aliphatic rings. The van der Waals surface area contributed by atoms with Crippen LogP contribution >= 0.6 is 0 Å². The van der Waals surface area contributed by atoms with Gasteiger partial charge in [-0.15, -0.1) is 0 Å². The molecular formula is C44H81NO3. The second kappa shape index (κ2) is 20.0. The predicted octanol–water partition coefficient (Wildman–Crippen LogP) is 11.5. The first-order valence-corrected chi connectivity index (χ1v) is 21.2. The van der Waals surface area contributed by atoms with E-state index in [0.29, 0.717) is 23.0 Å². The maximum atomic E-state index is 6.55. The predicted molar refractivity (Wildman–Crippen MR) is 205 cm³/mol. The number of hydrogen-bond donors (Lipinski definition) is 0. The Morgan fingerprint density at radius 3 is 2.15 bits per heavy atom. The summed E-state index contributed by atoms with van der Waals surface area (Å²) in [6.07, 6.45) is 28.6. The minimum absolute atomic E-state index is 0.354. The van der Waals surface area contributed by atoms with Gasteiger partial charge in [0.15, 0.2) is 0 Å². The van der Waals surface area contributed by atoms with Crippen molar-refractivity contribution in [2.24, 2.45) is 46.3 Å². The first kappa shape index (κ1) is 40.4. The molecule has 0 amide bonds. The van der Waals surface area contributed by atoms with Crippen molar-refractivity contribution >= 4 is 0 Å². The summed E-state index contributed by atoms with van der Waals surface area (Å²) in [7, 11) is 4.25. The van der Waals surface area contributed by atoms with Crippen LogP contribution in [0.3, 0.4) is 0 Å². The van der Waals surface area contributed by atoms with Crippen molar-refractivity contribution in [3.8, 4) is 0 Å². The van der Waals surface area contributed by atoms with Crippen molar-refractivity contribution < 1.29 is 14.2 Å². The van der Waals surface area contributed by atoms with Crippen LogP contribution in [0.15, 0.2) is 11.6 Å². The normalized spacial score (nSPS) is 33.0. The second-order valence-corrected chi connectivity index (χ2v) is 18.3. The molecule has 0 aromatic heterocycles. The molecule has 280 valence electrons. The fraction of sp³-hybridized carbons (Fsp3) is 0.955. The van der Waals surface area contributed by atoms with Crippen LogP contribution in [0, 0.1) is 46.3 Å². The molecule has 0 N–H and O–H groups in total. The minimum Gasteiger partial charge on any atom is -0.380 e. The largest absolute Gasteiger partial charge is 0.380 e. The van der Waals surface area contributed by atoms with Gasteiger partial charge in [0.2, 0.25) is 0 Å². The standard InChI is InChI=1S/C44H81NO3/c1-9-10-28-46-32-37(45(7)8)33-47-29-15-13-11-12-14-16-30-48-38-24-26-43(5)36(31-38)20-21-39-41-23-22-40(35(4)19-17-18-34(2)3)44(41,6)27-25-42(39)43/h20,34-35,37-42H,9-19,21-33H2,1-8H3/t35-,37-,38+,39+,40-,41+,42+,43?,44-/m1/s1. The van der Waals surface area contributed by atoms with E-state index in [1.807, 2.05) is 0 Å². The van der Waals surface area contributed by atoms with Gasteiger partial charge in [-0.25, -0.2) is 0 Å². The Kier molecular flexibility index (Phi) is 16.8. The van der Waals surface area contributed by atoms with E-state index >= 15 is 0 Å². The lowest BCUT2D eigenvalue weighted by Gasteiger charge is -2.58. The van der Waals surface area contributed by atoms with Crippen molar-refractivity contribution in [3.05, 3.63) is 11.6 Å². The topological polar surface area (TPSA) is 30.9 Å². The monoisotopic (exact) mass is 672 g/mol. The van der Waals surface area contributed by atoms with Gasteiger partial charge in [-0.05, 0) is 131 Å². The molecular weight excluding hydrogens is 590 g/mol. The van der Waals surface area contributed by atoms with E-state index in [4.69, 9.17) is 14.2 Å².